The van der Waals surface area contributed by atoms with Crippen LogP contribution in [0.4, 0.5) is 0 Å². The van der Waals surface area contributed by atoms with Crippen LogP contribution in [0, 0.1) is 0 Å². The molecule has 17 heavy (non-hydrogen) atoms. The van der Waals surface area contributed by atoms with Gasteiger partial charge in [0.2, 0.25) is 0 Å². The van der Waals surface area contributed by atoms with Gasteiger partial charge in [0.1, 0.15) is 5.69 Å². The fourth-order valence-corrected chi connectivity index (χ4v) is 2.51. The average molecular weight is 229 g/mol. The first-order valence-electron chi connectivity index (χ1n) is 5.81. The summed E-state index contributed by atoms with van der Waals surface area (Å²) < 4.78 is 0. The smallest absolute Gasteiger partial charge is 0.100 e. The second-order valence-corrected chi connectivity index (χ2v) is 4.48. The highest BCUT2D eigenvalue weighted by Gasteiger charge is 2.30. The number of fused-ring (bicyclic) bond motifs is 1. The number of nitrogens with zero attached hydrogens (tertiary/aromatic N) is 4. The third-order valence-corrected chi connectivity index (χ3v) is 3.39. The van der Waals surface area contributed by atoms with E-state index in [1.165, 1.54) is 5.56 Å². The van der Waals surface area contributed by atoms with Gasteiger partial charge >= 0.3 is 0 Å². The minimum absolute atomic E-state index is 0.111. The van der Waals surface area contributed by atoms with Gasteiger partial charge < -0.3 is 5.73 Å². The van der Waals surface area contributed by atoms with E-state index in [-0.39, 0.29) is 12.0 Å². The number of hydrogen-bond acceptors (Lipinski definition) is 4. The van der Waals surface area contributed by atoms with E-state index in [0.717, 1.165) is 24.2 Å². The fraction of sp³-hybridized carbons (Fsp3) is 0.417. The maximum Gasteiger partial charge on any atom is 0.100 e. The van der Waals surface area contributed by atoms with Crippen molar-refractivity contribution in [2.24, 2.45) is 12.8 Å². The van der Waals surface area contributed by atoms with Crippen LogP contribution < -0.4 is 5.73 Å². The summed E-state index contributed by atoms with van der Waals surface area (Å²) in [6, 6.07) is 4.00. The minimum Gasteiger partial charge on any atom is -0.322 e. The van der Waals surface area contributed by atoms with E-state index in [0.29, 0.717) is 0 Å². The summed E-state index contributed by atoms with van der Waals surface area (Å²) in [5, 5.41) is 8.35. The third-order valence-electron chi connectivity index (χ3n) is 3.39. The lowest BCUT2D eigenvalue weighted by atomic mass is 9.95. The van der Waals surface area contributed by atoms with Crippen LogP contribution in [-0.4, -0.2) is 20.0 Å². The normalized spacial score (nSPS) is 20.2. The van der Waals surface area contributed by atoms with Crippen LogP contribution in [0.5, 0.6) is 0 Å². The van der Waals surface area contributed by atoms with Gasteiger partial charge in [0, 0.05) is 24.9 Å². The van der Waals surface area contributed by atoms with Gasteiger partial charge in [-0.1, -0.05) is 6.07 Å². The topological polar surface area (TPSA) is 69.6 Å². The summed E-state index contributed by atoms with van der Waals surface area (Å²) in [5.74, 6) is 0.267. The Morgan fingerprint density at radius 2 is 2.41 bits per heavy atom. The van der Waals surface area contributed by atoms with Crippen LogP contribution >= 0.6 is 0 Å². The summed E-state index contributed by atoms with van der Waals surface area (Å²) in [6.07, 6.45) is 5.68. The number of aryl methyl sites for hydroxylation is 2. The summed E-state index contributed by atoms with van der Waals surface area (Å²) >= 11 is 0. The van der Waals surface area contributed by atoms with Gasteiger partial charge in [-0.3, -0.25) is 4.98 Å². The first-order chi connectivity index (χ1) is 8.25. The zero-order chi connectivity index (χ0) is 11.8. The van der Waals surface area contributed by atoms with Crippen LogP contribution in [0.1, 0.15) is 35.3 Å². The Balaban J connectivity index is 1.92. The largest absolute Gasteiger partial charge is 0.322 e. The lowest BCUT2D eigenvalue weighted by Gasteiger charge is -2.16. The van der Waals surface area contributed by atoms with Gasteiger partial charge in [-0.05, 0) is 24.5 Å². The van der Waals surface area contributed by atoms with Gasteiger partial charge in [0.15, 0.2) is 0 Å². The van der Waals surface area contributed by atoms with E-state index in [2.05, 4.69) is 21.2 Å². The molecular formula is C12H15N5. The molecule has 2 aromatic rings. The van der Waals surface area contributed by atoms with E-state index in [9.17, 15) is 0 Å². The first-order valence-corrected chi connectivity index (χ1v) is 5.81. The second-order valence-electron chi connectivity index (χ2n) is 4.48. The Bertz CT molecular complexity index is 533. The second kappa shape index (κ2) is 3.92. The Hall–Kier alpha value is -1.75. The Morgan fingerprint density at radius 3 is 3.18 bits per heavy atom. The highest BCUT2D eigenvalue weighted by atomic mass is 15.4. The summed E-state index contributed by atoms with van der Waals surface area (Å²) in [4.78, 5) is 6.00. The number of pyridine rings is 1. The van der Waals surface area contributed by atoms with Gasteiger partial charge in [-0.15, -0.1) is 0 Å². The Labute approximate surface area is 99.7 Å². The summed E-state index contributed by atoms with van der Waals surface area (Å²) in [7, 11) is 1.80. The van der Waals surface area contributed by atoms with Gasteiger partial charge in [-0.2, -0.15) is 15.0 Å². The SMILES string of the molecule is Cn1ncc(C(N)C2CCc3cccnc32)n1. The molecule has 88 valence electrons. The Morgan fingerprint density at radius 1 is 1.53 bits per heavy atom. The van der Waals surface area contributed by atoms with Crippen molar-refractivity contribution in [2.75, 3.05) is 0 Å². The number of nitrogens with two attached hydrogens (primary N) is 1. The third kappa shape index (κ3) is 1.72. The lowest BCUT2D eigenvalue weighted by molar-refractivity contribution is 0.520. The lowest BCUT2D eigenvalue weighted by Crippen LogP contribution is -2.19. The van der Waals surface area contributed by atoms with E-state index in [4.69, 9.17) is 5.73 Å². The molecule has 5 heteroatoms. The van der Waals surface area contributed by atoms with E-state index < -0.39 is 0 Å². The van der Waals surface area contributed by atoms with Gasteiger partial charge in [0.25, 0.3) is 0 Å². The molecular weight excluding hydrogens is 214 g/mol. The Kier molecular flexibility index (Phi) is 2.40. The zero-order valence-corrected chi connectivity index (χ0v) is 9.74. The van der Waals surface area contributed by atoms with Crippen molar-refractivity contribution in [3.63, 3.8) is 0 Å². The molecule has 0 saturated carbocycles. The maximum absolute atomic E-state index is 6.27. The zero-order valence-electron chi connectivity index (χ0n) is 9.74. The number of aromatic nitrogens is 4. The molecule has 0 aliphatic heterocycles. The highest BCUT2D eigenvalue weighted by molar-refractivity contribution is 5.31. The molecule has 2 N–H and O–H groups in total. The van der Waals surface area contributed by atoms with Crippen molar-refractivity contribution in [1.29, 1.82) is 0 Å². The van der Waals surface area contributed by atoms with Gasteiger partial charge in [0.05, 0.1) is 12.2 Å². The molecule has 0 fully saturated rings. The predicted molar refractivity (Wildman–Crippen MR) is 63.2 cm³/mol. The number of rotatable bonds is 2. The van der Waals surface area contributed by atoms with Crippen molar-refractivity contribution in [2.45, 2.75) is 24.8 Å². The molecule has 0 aromatic carbocycles. The van der Waals surface area contributed by atoms with Crippen molar-refractivity contribution in [3.8, 4) is 0 Å². The molecule has 2 heterocycles. The quantitative estimate of drug-likeness (QED) is 0.832. The van der Waals surface area contributed by atoms with Crippen molar-refractivity contribution in [3.05, 3.63) is 41.5 Å². The van der Waals surface area contributed by atoms with Crippen molar-refractivity contribution in [1.82, 2.24) is 20.0 Å². The van der Waals surface area contributed by atoms with Gasteiger partial charge in [-0.25, -0.2) is 0 Å². The fourth-order valence-electron chi connectivity index (χ4n) is 2.51. The molecule has 0 radical (unpaired) electrons. The van der Waals surface area contributed by atoms with E-state index >= 15 is 0 Å². The van der Waals surface area contributed by atoms with Crippen LogP contribution in [-0.2, 0) is 13.5 Å². The van der Waals surface area contributed by atoms with E-state index in [1.54, 1.807) is 18.0 Å². The summed E-state index contributed by atoms with van der Waals surface area (Å²) in [6.45, 7) is 0. The van der Waals surface area contributed by atoms with Crippen LogP contribution in [0.25, 0.3) is 0 Å². The molecule has 3 rings (SSSR count). The van der Waals surface area contributed by atoms with Crippen molar-refractivity contribution >= 4 is 0 Å². The first kappa shape index (κ1) is 10.4. The van der Waals surface area contributed by atoms with Crippen LogP contribution in [0.2, 0.25) is 0 Å². The molecule has 0 bridgehead atoms. The molecule has 1 aliphatic carbocycles. The molecule has 2 aromatic heterocycles. The molecule has 0 spiro atoms. The number of hydrogen-bond donors (Lipinski definition) is 1. The molecule has 2 unspecified atom stereocenters. The van der Waals surface area contributed by atoms with E-state index in [1.807, 2.05) is 12.3 Å². The molecule has 2 atom stereocenters. The molecule has 5 nitrogen and oxygen atoms in total. The van der Waals surface area contributed by atoms with Crippen LogP contribution in [0.15, 0.2) is 24.5 Å². The predicted octanol–water partition coefficient (Wildman–Crippen LogP) is 0.940. The van der Waals surface area contributed by atoms with Crippen LogP contribution in [0.3, 0.4) is 0 Å². The standard InChI is InChI=1S/C12H15N5/c1-17-15-7-10(16-17)11(13)9-5-4-8-3-2-6-14-12(8)9/h2-3,6-7,9,11H,4-5,13H2,1H3. The van der Waals surface area contributed by atoms with Crippen molar-refractivity contribution < 1.29 is 0 Å². The molecule has 0 amide bonds. The highest BCUT2D eigenvalue weighted by Crippen LogP contribution is 2.38. The maximum atomic E-state index is 6.27. The minimum atomic E-state index is -0.111. The average Bonchev–Trinajstić information content (AvgIpc) is 2.94. The molecule has 1 aliphatic rings. The monoisotopic (exact) mass is 229 g/mol. The summed E-state index contributed by atoms with van der Waals surface area (Å²) in [5.41, 5.74) is 9.56. The molecule has 0 saturated heterocycles.